The lowest BCUT2D eigenvalue weighted by Crippen LogP contribution is -2.59. The van der Waals surface area contributed by atoms with E-state index in [4.69, 9.17) is 14.2 Å². The summed E-state index contributed by atoms with van der Waals surface area (Å²) in [5.74, 6) is -0.877. The van der Waals surface area contributed by atoms with Crippen molar-refractivity contribution in [1.82, 2.24) is 15.1 Å². The van der Waals surface area contributed by atoms with Crippen LogP contribution in [-0.2, 0) is 25.5 Å². The van der Waals surface area contributed by atoms with Crippen LogP contribution in [0.25, 0.3) is 0 Å². The molecule has 3 rings (SSSR count). The van der Waals surface area contributed by atoms with Crippen LogP contribution in [0.5, 0.6) is 11.5 Å². The number of hydrogen-bond donors (Lipinski definition) is 2. The first-order chi connectivity index (χ1) is 20.3. The third kappa shape index (κ3) is 8.76. The standard InChI is InChI=1S/C32H49N3O8/c1-7-27(36)35-16-8-15-32(21-35,24-13-17-34(18-14-24)30(40)43-31(2,3)4)29(39)33-20-23(28(37)38)11-9-22-10-12-25(41-5)26(19-22)42-6/h10,12,19,23-24H,7-9,11,13-18,20-21H2,1-6H3,(H,33,39)(H,37,38)/t23-,32+/m1/s1. The molecule has 2 fully saturated rings. The monoisotopic (exact) mass is 603 g/mol. The molecule has 1 aromatic carbocycles. The van der Waals surface area contributed by atoms with Gasteiger partial charge in [0.2, 0.25) is 11.8 Å². The Morgan fingerprint density at radius 2 is 1.72 bits per heavy atom. The molecule has 2 atom stereocenters. The van der Waals surface area contributed by atoms with Gasteiger partial charge < -0.3 is 34.4 Å². The highest BCUT2D eigenvalue weighted by molar-refractivity contribution is 5.85. The number of aliphatic carboxylic acids is 1. The summed E-state index contributed by atoms with van der Waals surface area (Å²) in [4.78, 5) is 55.1. The largest absolute Gasteiger partial charge is 0.493 e. The third-order valence-electron chi connectivity index (χ3n) is 8.65. The first kappa shape index (κ1) is 34.0. The number of hydrogen-bond acceptors (Lipinski definition) is 7. The van der Waals surface area contributed by atoms with Crippen molar-refractivity contribution in [2.24, 2.45) is 17.3 Å². The van der Waals surface area contributed by atoms with E-state index in [9.17, 15) is 24.3 Å². The van der Waals surface area contributed by atoms with Gasteiger partial charge in [-0.1, -0.05) is 13.0 Å². The molecule has 0 unspecified atom stereocenters. The Balaban J connectivity index is 1.72. The van der Waals surface area contributed by atoms with Crippen LogP contribution in [0.3, 0.4) is 0 Å². The van der Waals surface area contributed by atoms with Crippen LogP contribution in [0, 0.1) is 17.3 Å². The number of ether oxygens (including phenoxy) is 3. The number of amides is 3. The van der Waals surface area contributed by atoms with Crippen LogP contribution in [-0.4, -0.2) is 91.3 Å². The van der Waals surface area contributed by atoms with E-state index in [0.29, 0.717) is 82.6 Å². The minimum absolute atomic E-state index is 0.00129. The average molecular weight is 604 g/mol. The lowest BCUT2D eigenvalue weighted by molar-refractivity contribution is -0.147. The van der Waals surface area contributed by atoms with Gasteiger partial charge in [-0.2, -0.15) is 0 Å². The fourth-order valence-electron chi connectivity index (χ4n) is 6.25. The molecule has 0 bridgehead atoms. The summed E-state index contributed by atoms with van der Waals surface area (Å²) in [6.07, 6.45) is 3.29. The summed E-state index contributed by atoms with van der Waals surface area (Å²) in [6.45, 7) is 9.10. The minimum atomic E-state index is -0.980. The molecule has 0 radical (unpaired) electrons. The van der Waals surface area contributed by atoms with Gasteiger partial charge in [0.25, 0.3) is 0 Å². The van der Waals surface area contributed by atoms with Gasteiger partial charge in [-0.25, -0.2) is 4.79 Å². The normalized spacial score (nSPS) is 20.2. The van der Waals surface area contributed by atoms with E-state index in [0.717, 1.165) is 5.56 Å². The lowest BCUT2D eigenvalue weighted by atomic mass is 9.65. The van der Waals surface area contributed by atoms with Crippen LogP contribution >= 0.6 is 0 Å². The van der Waals surface area contributed by atoms with E-state index in [2.05, 4.69) is 5.32 Å². The zero-order chi connectivity index (χ0) is 31.8. The first-order valence-corrected chi connectivity index (χ1v) is 15.3. The van der Waals surface area contributed by atoms with Gasteiger partial charge >= 0.3 is 12.1 Å². The zero-order valence-electron chi connectivity index (χ0n) is 26.6. The fraction of sp³-hybridized carbons (Fsp3) is 0.688. The second-order valence-corrected chi connectivity index (χ2v) is 12.6. The summed E-state index contributed by atoms with van der Waals surface area (Å²) in [5.41, 5.74) is -0.542. The Labute approximate surface area is 255 Å². The first-order valence-electron chi connectivity index (χ1n) is 15.3. The van der Waals surface area contributed by atoms with Gasteiger partial charge in [0.15, 0.2) is 11.5 Å². The summed E-state index contributed by atoms with van der Waals surface area (Å²) >= 11 is 0. The molecule has 2 N–H and O–H groups in total. The summed E-state index contributed by atoms with van der Waals surface area (Å²) in [5, 5.41) is 13.0. The quantitative estimate of drug-likeness (QED) is 0.386. The molecule has 2 heterocycles. The van der Waals surface area contributed by atoms with Crippen LogP contribution < -0.4 is 14.8 Å². The van der Waals surface area contributed by atoms with Crippen LogP contribution in [0.4, 0.5) is 4.79 Å². The van der Waals surface area contributed by atoms with Gasteiger partial charge in [0.05, 0.1) is 25.6 Å². The van der Waals surface area contributed by atoms with Crippen molar-refractivity contribution < 1.29 is 38.5 Å². The topological polar surface area (TPSA) is 135 Å². The maximum absolute atomic E-state index is 14.1. The van der Waals surface area contributed by atoms with Crippen molar-refractivity contribution in [1.29, 1.82) is 0 Å². The number of carboxylic acid groups (broad SMARTS) is 1. The average Bonchev–Trinajstić information content (AvgIpc) is 2.99. The molecular formula is C32H49N3O8. The van der Waals surface area contributed by atoms with Gasteiger partial charge in [-0.05, 0) is 82.9 Å². The van der Waals surface area contributed by atoms with Crippen molar-refractivity contribution in [3.8, 4) is 11.5 Å². The van der Waals surface area contributed by atoms with Crippen molar-refractivity contribution in [2.45, 2.75) is 78.2 Å². The molecule has 240 valence electrons. The predicted molar refractivity (Wildman–Crippen MR) is 161 cm³/mol. The van der Waals surface area contributed by atoms with E-state index in [1.165, 1.54) is 0 Å². The molecule has 43 heavy (non-hydrogen) atoms. The number of carboxylic acids is 1. The van der Waals surface area contributed by atoms with Crippen molar-refractivity contribution >= 4 is 23.9 Å². The molecule has 0 saturated carbocycles. The van der Waals surface area contributed by atoms with Crippen LogP contribution in [0.15, 0.2) is 18.2 Å². The zero-order valence-corrected chi connectivity index (χ0v) is 26.6. The number of piperidine rings is 2. The van der Waals surface area contributed by atoms with Gasteiger partial charge in [0.1, 0.15) is 5.60 Å². The summed E-state index contributed by atoms with van der Waals surface area (Å²) < 4.78 is 16.2. The summed E-state index contributed by atoms with van der Waals surface area (Å²) in [6, 6.07) is 5.49. The molecule has 2 saturated heterocycles. The number of benzene rings is 1. The number of nitrogens with zero attached hydrogens (tertiary/aromatic N) is 2. The van der Waals surface area contributed by atoms with Crippen molar-refractivity contribution in [3.63, 3.8) is 0 Å². The molecule has 0 aromatic heterocycles. The van der Waals surface area contributed by atoms with Gasteiger partial charge in [-0.3, -0.25) is 14.4 Å². The Hall–Kier alpha value is -3.50. The lowest BCUT2D eigenvalue weighted by Gasteiger charge is -2.48. The number of aryl methyl sites for hydroxylation is 1. The Morgan fingerprint density at radius 1 is 1.05 bits per heavy atom. The van der Waals surface area contributed by atoms with Crippen molar-refractivity contribution in [2.75, 3.05) is 46.9 Å². The SMILES string of the molecule is CCC(=O)N1CCC[C@@](C(=O)NC[C@@H](CCc2ccc(OC)c(OC)c2)C(=O)O)(C2CCN(C(=O)OC(C)(C)C)CC2)C1. The summed E-state index contributed by atoms with van der Waals surface area (Å²) in [7, 11) is 3.11. The number of carbonyl (C=O) groups excluding carboxylic acids is 3. The number of nitrogens with one attached hydrogen (secondary N) is 1. The van der Waals surface area contributed by atoms with E-state index in [1.807, 2.05) is 39.8 Å². The van der Waals surface area contributed by atoms with Gasteiger partial charge in [-0.15, -0.1) is 0 Å². The Kier molecular flexibility index (Phi) is 11.7. The van der Waals surface area contributed by atoms with Crippen LogP contribution in [0.2, 0.25) is 0 Å². The molecular weight excluding hydrogens is 554 g/mol. The molecule has 2 aliphatic rings. The Bertz CT molecular complexity index is 1140. The second kappa shape index (κ2) is 14.8. The highest BCUT2D eigenvalue weighted by Crippen LogP contribution is 2.43. The van der Waals surface area contributed by atoms with E-state index < -0.39 is 22.9 Å². The number of likely N-dealkylation sites (tertiary alicyclic amines) is 2. The van der Waals surface area contributed by atoms with Gasteiger partial charge in [0, 0.05) is 39.1 Å². The number of carbonyl (C=O) groups is 4. The maximum atomic E-state index is 14.1. The minimum Gasteiger partial charge on any atom is -0.493 e. The molecule has 1 aromatic rings. The molecule has 0 aliphatic carbocycles. The molecule has 11 heteroatoms. The smallest absolute Gasteiger partial charge is 0.410 e. The third-order valence-corrected chi connectivity index (χ3v) is 8.65. The Morgan fingerprint density at radius 3 is 2.30 bits per heavy atom. The maximum Gasteiger partial charge on any atom is 0.410 e. The van der Waals surface area contributed by atoms with E-state index in [-0.39, 0.29) is 30.4 Å². The second-order valence-electron chi connectivity index (χ2n) is 12.6. The van der Waals surface area contributed by atoms with Crippen molar-refractivity contribution in [3.05, 3.63) is 23.8 Å². The fourth-order valence-corrected chi connectivity index (χ4v) is 6.25. The van der Waals surface area contributed by atoms with E-state index >= 15 is 0 Å². The molecule has 11 nitrogen and oxygen atoms in total. The molecule has 0 spiro atoms. The molecule has 2 aliphatic heterocycles. The predicted octanol–water partition coefficient (Wildman–Crippen LogP) is 4.12. The van der Waals surface area contributed by atoms with Crippen LogP contribution in [0.1, 0.15) is 71.8 Å². The van der Waals surface area contributed by atoms with E-state index in [1.54, 1.807) is 30.1 Å². The molecule has 3 amide bonds. The highest BCUT2D eigenvalue weighted by atomic mass is 16.6. The number of rotatable bonds is 11. The number of methoxy groups -OCH3 is 2. The highest BCUT2D eigenvalue weighted by Gasteiger charge is 2.50.